The summed E-state index contributed by atoms with van der Waals surface area (Å²) in [4.78, 5) is 8.91. The van der Waals surface area contributed by atoms with Crippen LogP contribution < -0.4 is 24.8 Å². The Bertz CT molecular complexity index is 1010. The van der Waals surface area contributed by atoms with Crippen LogP contribution in [0.4, 0.5) is 5.69 Å². The quantitative estimate of drug-likeness (QED) is 0.341. The molecule has 1 aromatic carbocycles. The third-order valence-corrected chi connectivity index (χ3v) is 4.91. The first-order chi connectivity index (χ1) is 14.1. The summed E-state index contributed by atoms with van der Waals surface area (Å²) >= 11 is 0. The molecule has 2 N–H and O–H groups in total. The molecular weight excluding hydrogens is 387 g/mol. The normalized spacial score (nSPS) is 10.6. The molecule has 0 aliphatic rings. The van der Waals surface area contributed by atoms with Crippen molar-refractivity contribution in [1.82, 2.24) is 9.97 Å². The van der Waals surface area contributed by atoms with Gasteiger partial charge in [-0.15, -0.1) is 0 Å². The van der Waals surface area contributed by atoms with E-state index in [1.165, 1.54) is 0 Å². The highest BCUT2D eigenvalue weighted by molar-refractivity contribution is 7.38. The molecule has 0 amide bonds. The minimum absolute atomic E-state index is 0.333. The predicted molar refractivity (Wildman–Crippen MR) is 117 cm³/mol. The molecule has 0 radical (unpaired) electrons. The third kappa shape index (κ3) is 4.65. The van der Waals surface area contributed by atoms with Crippen LogP contribution in [-0.4, -0.2) is 30.5 Å². The van der Waals surface area contributed by atoms with Crippen molar-refractivity contribution in [2.24, 2.45) is 5.84 Å². The molecule has 0 unspecified atom stereocenters. The molecule has 0 aliphatic heterocycles. The van der Waals surface area contributed by atoms with E-state index >= 15 is 0 Å². The molecule has 3 aromatic rings. The first kappa shape index (κ1) is 20.6. The van der Waals surface area contributed by atoms with Crippen LogP contribution in [-0.2, 0) is 6.61 Å². The summed E-state index contributed by atoms with van der Waals surface area (Å²) in [6.07, 6.45) is 3.82. The number of pyridine rings is 2. The number of aromatic nitrogens is 2. The molecule has 29 heavy (non-hydrogen) atoms. The van der Waals surface area contributed by atoms with E-state index in [4.69, 9.17) is 20.1 Å². The summed E-state index contributed by atoms with van der Waals surface area (Å²) in [5.74, 6) is 7.44. The topological polar surface area (TPSA) is 82.7 Å². The molecule has 0 spiro atoms. The number of rotatable bonds is 8. The molecule has 0 bridgehead atoms. The van der Waals surface area contributed by atoms with Gasteiger partial charge in [-0.25, -0.2) is 10.8 Å². The van der Waals surface area contributed by atoms with Gasteiger partial charge in [0.25, 0.3) is 0 Å². The summed E-state index contributed by atoms with van der Waals surface area (Å²) in [5.41, 5.74) is 4.38. The van der Waals surface area contributed by atoms with Crippen LogP contribution in [0.5, 0.6) is 17.6 Å². The fourth-order valence-electron chi connectivity index (χ4n) is 2.84. The smallest absolute Gasteiger partial charge is 0.225 e. The van der Waals surface area contributed by atoms with Gasteiger partial charge in [-0.2, -0.15) is 4.98 Å². The van der Waals surface area contributed by atoms with Crippen LogP contribution in [0.15, 0.2) is 48.5 Å². The van der Waals surface area contributed by atoms with Gasteiger partial charge in [-0.05, 0) is 30.7 Å². The second kappa shape index (κ2) is 9.37. The average Bonchev–Trinajstić information content (AvgIpc) is 2.77. The van der Waals surface area contributed by atoms with Gasteiger partial charge in [0.1, 0.15) is 6.61 Å². The third-order valence-electron chi connectivity index (χ3n) is 4.39. The van der Waals surface area contributed by atoms with Gasteiger partial charge in [0.15, 0.2) is 0 Å². The Kier molecular flexibility index (Phi) is 6.65. The van der Waals surface area contributed by atoms with Crippen molar-refractivity contribution in [3.05, 3.63) is 59.7 Å². The maximum absolute atomic E-state index is 6.04. The largest absolute Gasteiger partial charge is 0.481 e. The number of aryl methyl sites for hydroxylation is 1. The van der Waals surface area contributed by atoms with Gasteiger partial charge >= 0.3 is 0 Å². The lowest BCUT2D eigenvalue weighted by Crippen LogP contribution is -2.21. The Hall–Kier alpha value is -3.15. The van der Waals surface area contributed by atoms with Gasteiger partial charge < -0.3 is 14.2 Å². The van der Waals surface area contributed by atoms with Crippen molar-refractivity contribution >= 4 is 20.3 Å². The summed E-state index contributed by atoms with van der Waals surface area (Å²) < 4.78 is 18.1. The van der Waals surface area contributed by atoms with Crippen molar-refractivity contribution in [1.29, 1.82) is 0 Å². The maximum Gasteiger partial charge on any atom is 0.225 e. The van der Waals surface area contributed by atoms with E-state index in [2.05, 4.69) is 16.3 Å². The number of nitrogens with zero attached hydrogens (tertiary/aromatic N) is 3. The molecule has 8 heteroatoms. The number of methoxy groups -OCH3 is 2. The maximum atomic E-state index is 6.04. The molecule has 3 rings (SSSR count). The van der Waals surface area contributed by atoms with Crippen LogP contribution in [0.2, 0.25) is 0 Å². The van der Waals surface area contributed by atoms with Crippen molar-refractivity contribution in [2.45, 2.75) is 13.5 Å². The monoisotopic (exact) mass is 410 g/mol. The highest BCUT2D eigenvalue weighted by Crippen LogP contribution is 2.31. The van der Waals surface area contributed by atoms with Gasteiger partial charge in [0.2, 0.25) is 17.6 Å². The minimum atomic E-state index is 0.333. The van der Waals surface area contributed by atoms with Gasteiger partial charge in [0.05, 0.1) is 31.2 Å². The zero-order valence-electron chi connectivity index (χ0n) is 16.6. The molecular formula is C21H23N4O3P. The number of hydrogen-bond donors (Lipinski definition) is 1. The van der Waals surface area contributed by atoms with Gasteiger partial charge in [-0.1, -0.05) is 24.5 Å². The Morgan fingerprint density at radius 2 is 1.79 bits per heavy atom. The molecule has 2 aromatic heterocycles. The lowest BCUT2D eigenvalue weighted by molar-refractivity contribution is 0.294. The standard InChI is InChI=1S/C21H23N4O3P/c1-14-7-5-9-18(25(22)29-4)16(14)13-28-20-10-6-8-17(23-20)15-11-12-19(26-2)24-21(15)27-3/h5-12H,4,13,22H2,1-3H3. The van der Waals surface area contributed by atoms with E-state index in [1.807, 2.05) is 49.4 Å². The zero-order chi connectivity index (χ0) is 20.8. The molecule has 150 valence electrons. The van der Waals surface area contributed by atoms with Crippen LogP contribution in [0.25, 0.3) is 11.3 Å². The summed E-state index contributed by atoms with van der Waals surface area (Å²) in [6, 6.07) is 15.1. The summed E-state index contributed by atoms with van der Waals surface area (Å²) in [6.45, 7) is 2.35. The highest BCUT2D eigenvalue weighted by atomic mass is 31.1. The first-order valence-corrected chi connectivity index (χ1v) is 9.89. The molecule has 0 atom stereocenters. The number of hydrazine groups is 1. The van der Waals surface area contributed by atoms with E-state index in [9.17, 15) is 0 Å². The number of benzene rings is 1. The van der Waals surface area contributed by atoms with Crippen LogP contribution >= 0.6 is 8.35 Å². The summed E-state index contributed by atoms with van der Waals surface area (Å²) in [7, 11) is 3.82. The summed E-state index contributed by atoms with van der Waals surface area (Å²) in [5, 5.41) is 0. The fourth-order valence-corrected chi connectivity index (χ4v) is 3.18. The molecule has 2 heterocycles. The lowest BCUT2D eigenvalue weighted by Gasteiger charge is -2.19. The Labute approximate surface area is 171 Å². The first-order valence-electron chi connectivity index (χ1n) is 8.86. The Morgan fingerprint density at radius 1 is 1.00 bits per heavy atom. The van der Waals surface area contributed by atoms with E-state index in [-0.39, 0.29) is 0 Å². The molecule has 0 saturated carbocycles. The minimum Gasteiger partial charge on any atom is -0.481 e. The number of hydrogen-bond acceptors (Lipinski definition) is 7. The molecule has 0 fully saturated rings. The van der Waals surface area contributed by atoms with E-state index < -0.39 is 0 Å². The van der Waals surface area contributed by atoms with Gasteiger partial charge in [-0.3, -0.25) is 4.78 Å². The zero-order valence-corrected chi connectivity index (χ0v) is 17.5. The van der Waals surface area contributed by atoms with E-state index in [0.29, 0.717) is 38.3 Å². The average molecular weight is 410 g/mol. The van der Waals surface area contributed by atoms with Crippen LogP contribution in [0.1, 0.15) is 11.1 Å². The van der Waals surface area contributed by atoms with Crippen LogP contribution in [0, 0.1) is 6.92 Å². The van der Waals surface area contributed by atoms with Gasteiger partial charge in [0, 0.05) is 26.1 Å². The Morgan fingerprint density at radius 3 is 2.52 bits per heavy atom. The van der Waals surface area contributed by atoms with Crippen molar-refractivity contribution in [2.75, 3.05) is 19.0 Å². The number of nitrogens with two attached hydrogens (primary N) is 1. The SMILES string of the molecule is C=PN(N)c1cccc(C)c1COc1cccc(-c2ccc(OC)nc2OC)n1. The second-order valence-corrected chi connectivity index (χ2v) is 6.83. The van der Waals surface area contributed by atoms with Crippen molar-refractivity contribution in [3.8, 4) is 28.9 Å². The van der Waals surface area contributed by atoms with Crippen molar-refractivity contribution in [3.63, 3.8) is 0 Å². The number of ether oxygens (including phenoxy) is 3. The predicted octanol–water partition coefficient (Wildman–Crippen LogP) is 4.02. The van der Waals surface area contributed by atoms with Crippen LogP contribution in [0.3, 0.4) is 0 Å². The highest BCUT2D eigenvalue weighted by Gasteiger charge is 2.13. The van der Waals surface area contributed by atoms with E-state index in [1.54, 1.807) is 25.1 Å². The second-order valence-electron chi connectivity index (χ2n) is 6.12. The molecule has 7 nitrogen and oxygen atoms in total. The molecule has 0 aliphatic carbocycles. The number of anilines is 1. The fraction of sp³-hybridized carbons (Fsp3) is 0.190. The Balaban J connectivity index is 1.86. The van der Waals surface area contributed by atoms with E-state index in [0.717, 1.165) is 22.4 Å². The lowest BCUT2D eigenvalue weighted by atomic mass is 10.1. The molecule has 0 saturated heterocycles. The van der Waals surface area contributed by atoms with Crippen molar-refractivity contribution < 1.29 is 14.2 Å².